The number of nitrogens with zero attached hydrogens (tertiary/aromatic N) is 3. The molecule has 124 valence electrons. The highest BCUT2D eigenvalue weighted by atomic mass is 19.1. The summed E-state index contributed by atoms with van der Waals surface area (Å²) in [5.41, 5.74) is 1.26. The molecule has 0 spiro atoms. The Morgan fingerprint density at radius 1 is 1.29 bits per heavy atom. The van der Waals surface area contributed by atoms with Crippen molar-refractivity contribution >= 4 is 17.0 Å². The van der Waals surface area contributed by atoms with E-state index in [1.54, 1.807) is 30.3 Å². The fraction of sp³-hybridized carbons (Fsp3) is 0.188. The molecule has 2 aromatic heterocycles. The fourth-order valence-electron chi connectivity index (χ4n) is 2.28. The van der Waals surface area contributed by atoms with E-state index in [1.807, 2.05) is 0 Å². The molecule has 0 unspecified atom stereocenters. The predicted octanol–water partition coefficient (Wildman–Crippen LogP) is 2.81. The van der Waals surface area contributed by atoms with Crippen LogP contribution in [0.5, 0.6) is 11.6 Å². The van der Waals surface area contributed by atoms with Crippen LogP contribution in [-0.4, -0.2) is 39.0 Å². The zero-order chi connectivity index (χ0) is 16.9. The second-order valence-corrected chi connectivity index (χ2v) is 5.00. The molecule has 3 aromatic rings. The summed E-state index contributed by atoms with van der Waals surface area (Å²) in [6, 6.07) is 8.44. The van der Waals surface area contributed by atoms with Gasteiger partial charge in [0, 0.05) is 30.7 Å². The molecule has 0 saturated heterocycles. The van der Waals surface area contributed by atoms with Crippen LogP contribution in [0, 0.1) is 0 Å². The van der Waals surface area contributed by atoms with Crippen LogP contribution in [0.25, 0.3) is 10.9 Å². The van der Waals surface area contributed by atoms with Crippen molar-refractivity contribution in [2.24, 2.45) is 0 Å². The maximum absolute atomic E-state index is 12.1. The first-order chi connectivity index (χ1) is 11.7. The lowest BCUT2D eigenvalue weighted by Gasteiger charge is -2.07. The topological polar surface area (TPSA) is 89.3 Å². The van der Waals surface area contributed by atoms with Gasteiger partial charge in [-0.25, -0.2) is 19.2 Å². The molecule has 3 rings (SSSR count). The number of hydrogen-bond donors (Lipinski definition) is 2. The number of benzene rings is 1. The van der Waals surface area contributed by atoms with Gasteiger partial charge < -0.3 is 15.2 Å². The highest BCUT2D eigenvalue weighted by molar-refractivity contribution is 5.89. The van der Waals surface area contributed by atoms with Gasteiger partial charge in [-0.15, -0.1) is 0 Å². The van der Waals surface area contributed by atoms with Crippen molar-refractivity contribution in [3.05, 3.63) is 48.5 Å². The van der Waals surface area contributed by atoms with Crippen LogP contribution in [0.4, 0.5) is 9.18 Å². The normalized spacial score (nSPS) is 10.9. The molecule has 0 aliphatic carbocycles. The maximum atomic E-state index is 12.1. The number of nitrogens with one attached hydrogen (secondary N) is 1. The molecule has 8 heteroatoms. The molecular formula is C16H15FN4O3. The second kappa shape index (κ2) is 7.05. The Balaban J connectivity index is 1.77. The van der Waals surface area contributed by atoms with Crippen LogP contribution in [-0.2, 0) is 6.54 Å². The highest BCUT2D eigenvalue weighted by Crippen LogP contribution is 2.25. The molecule has 0 aliphatic heterocycles. The monoisotopic (exact) mass is 330 g/mol. The lowest BCUT2D eigenvalue weighted by Crippen LogP contribution is -2.16. The Hall–Kier alpha value is -3.00. The number of hydrogen-bond acceptors (Lipinski definition) is 5. The van der Waals surface area contributed by atoms with E-state index in [1.165, 1.54) is 12.5 Å². The zero-order valence-corrected chi connectivity index (χ0v) is 12.6. The summed E-state index contributed by atoms with van der Waals surface area (Å²) < 4.78 is 18.9. The van der Waals surface area contributed by atoms with Gasteiger partial charge in [0.1, 0.15) is 18.8 Å². The fourth-order valence-corrected chi connectivity index (χ4v) is 2.28. The minimum absolute atomic E-state index is 0.261. The first kappa shape index (κ1) is 15.9. The molecule has 2 heterocycles. The second-order valence-electron chi connectivity index (χ2n) is 5.00. The smallest absolute Gasteiger partial charge is 0.415 e. The van der Waals surface area contributed by atoms with E-state index in [9.17, 15) is 9.18 Å². The lowest BCUT2D eigenvalue weighted by atomic mass is 10.2. The van der Waals surface area contributed by atoms with Crippen LogP contribution in [0.2, 0.25) is 0 Å². The maximum Gasteiger partial charge on any atom is 0.415 e. The molecule has 1 aromatic carbocycles. The van der Waals surface area contributed by atoms with Crippen molar-refractivity contribution < 1.29 is 19.0 Å². The van der Waals surface area contributed by atoms with Gasteiger partial charge in [0.15, 0.2) is 0 Å². The molecule has 7 nitrogen and oxygen atoms in total. The quantitative estimate of drug-likeness (QED) is 0.676. The summed E-state index contributed by atoms with van der Waals surface area (Å²) in [4.78, 5) is 19.2. The summed E-state index contributed by atoms with van der Waals surface area (Å²) in [5.74, 6) is 0.895. The summed E-state index contributed by atoms with van der Waals surface area (Å²) in [6.45, 7) is 0.241. The third-order valence-electron chi connectivity index (χ3n) is 3.37. The first-order valence-electron chi connectivity index (χ1n) is 7.27. The van der Waals surface area contributed by atoms with E-state index in [2.05, 4.69) is 15.3 Å². The Labute approximate surface area is 136 Å². The van der Waals surface area contributed by atoms with Gasteiger partial charge in [-0.1, -0.05) is 0 Å². The Morgan fingerprint density at radius 2 is 2.17 bits per heavy atom. The molecule has 0 radical (unpaired) electrons. The highest BCUT2D eigenvalue weighted by Gasteiger charge is 2.08. The van der Waals surface area contributed by atoms with Gasteiger partial charge in [-0.2, -0.15) is 0 Å². The summed E-state index contributed by atoms with van der Waals surface area (Å²) in [6.07, 6.45) is 1.82. The molecule has 0 bridgehead atoms. The lowest BCUT2D eigenvalue weighted by molar-refractivity contribution is 0.197. The van der Waals surface area contributed by atoms with Crippen molar-refractivity contribution in [2.75, 3.05) is 13.2 Å². The van der Waals surface area contributed by atoms with E-state index >= 15 is 0 Å². The molecule has 0 saturated carbocycles. The Kier molecular flexibility index (Phi) is 4.66. The van der Waals surface area contributed by atoms with E-state index < -0.39 is 12.8 Å². The minimum atomic E-state index is -1.04. The standard InChI is InChI=1S/C16H15FN4O3/c17-4-5-18-9-12-8-15(20-10-19-12)24-13-1-2-14-11(7-13)3-6-21(14)16(22)23/h1-3,6-8,10,18H,4-5,9H2,(H,22,23). The van der Waals surface area contributed by atoms with Gasteiger partial charge in [-0.3, -0.25) is 4.57 Å². The number of alkyl halides is 1. The van der Waals surface area contributed by atoms with Gasteiger partial charge in [0.05, 0.1) is 11.2 Å². The Bertz CT molecular complexity index is 865. The average Bonchev–Trinajstić information content (AvgIpc) is 2.99. The number of ether oxygens (including phenoxy) is 1. The summed E-state index contributed by atoms with van der Waals surface area (Å²) >= 11 is 0. The first-order valence-corrected chi connectivity index (χ1v) is 7.27. The molecule has 0 amide bonds. The number of carboxylic acid groups (broad SMARTS) is 1. The molecule has 0 fully saturated rings. The van der Waals surface area contributed by atoms with Gasteiger partial charge in [-0.05, 0) is 24.3 Å². The van der Waals surface area contributed by atoms with Gasteiger partial charge >= 0.3 is 6.09 Å². The summed E-state index contributed by atoms with van der Waals surface area (Å²) in [5, 5.41) is 12.7. The van der Waals surface area contributed by atoms with Crippen LogP contribution in [0.3, 0.4) is 0 Å². The van der Waals surface area contributed by atoms with E-state index in [-0.39, 0.29) is 6.54 Å². The van der Waals surface area contributed by atoms with Gasteiger partial charge in [0.25, 0.3) is 0 Å². The van der Waals surface area contributed by atoms with Crippen LogP contribution >= 0.6 is 0 Å². The third kappa shape index (κ3) is 3.49. The van der Waals surface area contributed by atoms with Crippen molar-refractivity contribution in [1.82, 2.24) is 19.9 Å². The Morgan fingerprint density at radius 3 is 2.96 bits per heavy atom. The number of fused-ring (bicyclic) bond motifs is 1. The molecule has 0 aliphatic rings. The zero-order valence-electron chi connectivity index (χ0n) is 12.6. The number of carbonyl (C=O) groups is 1. The van der Waals surface area contributed by atoms with Gasteiger partial charge in [0.2, 0.25) is 5.88 Å². The van der Waals surface area contributed by atoms with Crippen molar-refractivity contribution in [3.8, 4) is 11.6 Å². The molecule has 0 atom stereocenters. The third-order valence-corrected chi connectivity index (χ3v) is 3.37. The van der Waals surface area contributed by atoms with Crippen LogP contribution < -0.4 is 10.1 Å². The molecule has 2 N–H and O–H groups in total. The number of halogens is 1. The SMILES string of the molecule is O=C(O)n1ccc2cc(Oc3cc(CNCCF)ncn3)ccc21. The largest absolute Gasteiger partial charge is 0.464 e. The number of rotatable bonds is 6. The van der Waals surface area contributed by atoms with Crippen LogP contribution in [0.15, 0.2) is 42.9 Å². The summed E-state index contributed by atoms with van der Waals surface area (Å²) in [7, 11) is 0. The van der Waals surface area contributed by atoms with E-state index in [0.717, 1.165) is 9.95 Å². The van der Waals surface area contributed by atoms with Crippen LogP contribution in [0.1, 0.15) is 5.69 Å². The minimum Gasteiger partial charge on any atom is -0.464 e. The number of aromatic nitrogens is 3. The van der Waals surface area contributed by atoms with E-state index in [0.29, 0.717) is 29.4 Å². The van der Waals surface area contributed by atoms with Crippen molar-refractivity contribution in [2.45, 2.75) is 6.54 Å². The molecular weight excluding hydrogens is 315 g/mol. The molecule has 24 heavy (non-hydrogen) atoms. The van der Waals surface area contributed by atoms with Crippen molar-refractivity contribution in [1.29, 1.82) is 0 Å². The van der Waals surface area contributed by atoms with Crippen molar-refractivity contribution in [3.63, 3.8) is 0 Å². The predicted molar refractivity (Wildman–Crippen MR) is 85.1 cm³/mol. The van der Waals surface area contributed by atoms with E-state index in [4.69, 9.17) is 9.84 Å². The average molecular weight is 330 g/mol.